The zero-order valence-corrected chi connectivity index (χ0v) is 13.4. The molecule has 0 saturated carbocycles. The fourth-order valence-corrected chi connectivity index (χ4v) is 2.30. The van der Waals surface area contributed by atoms with Crippen LogP contribution in [0.1, 0.15) is 55.7 Å². The van der Waals surface area contributed by atoms with Crippen molar-refractivity contribution in [3.63, 3.8) is 0 Å². The molecule has 1 aromatic heterocycles. The molecule has 1 aromatic carbocycles. The number of nitrogens with one attached hydrogen (secondary N) is 1. The van der Waals surface area contributed by atoms with Crippen molar-refractivity contribution in [2.24, 2.45) is 0 Å². The molecule has 0 aliphatic carbocycles. The summed E-state index contributed by atoms with van der Waals surface area (Å²) in [4.78, 5) is 12.2. The molecule has 2 rings (SSSR count). The highest BCUT2D eigenvalue weighted by atomic mass is 16.1. The Bertz CT molecular complexity index is 605. The molecule has 118 valence electrons. The average Bonchev–Trinajstić information content (AvgIpc) is 2.94. The highest BCUT2D eigenvalue weighted by molar-refractivity contribution is 5.94. The van der Waals surface area contributed by atoms with E-state index in [9.17, 15) is 4.79 Å². The maximum absolute atomic E-state index is 12.2. The molecule has 0 radical (unpaired) electrons. The van der Waals surface area contributed by atoms with Crippen molar-refractivity contribution in [2.75, 3.05) is 0 Å². The number of unbranched alkanes of at least 4 members (excludes halogenated alkanes) is 2. The largest absolute Gasteiger partial charge is 0.350 e. The summed E-state index contributed by atoms with van der Waals surface area (Å²) >= 11 is 0. The smallest absolute Gasteiger partial charge is 0.251 e. The van der Waals surface area contributed by atoms with Crippen molar-refractivity contribution in [2.45, 2.75) is 52.5 Å². The molecule has 1 atom stereocenters. The van der Waals surface area contributed by atoms with E-state index in [4.69, 9.17) is 0 Å². The lowest BCUT2D eigenvalue weighted by atomic mass is 10.1. The summed E-state index contributed by atoms with van der Waals surface area (Å²) in [5, 5.41) is 14.4. The van der Waals surface area contributed by atoms with Gasteiger partial charge in [0.05, 0.1) is 5.69 Å². The van der Waals surface area contributed by atoms with Gasteiger partial charge in [0.25, 0.3) is 5.91 Å². The molecule has 0 aliphatic rings. The first kappa shape index (κ1) is 16.1. The molecular weight excluding hydrogens is 278 g/mol. The number of hydrogen-bond acceptors (Lipinski definition) is 4. The van der Waals surface area contributed by atoms with Crippen molar-refractivity contribution in [1.82, 2.24) is 25.5 Å². The first-order chi connectivity index (χ1) is 10.6. The maximum atomic E-state index is 12.2. The summed E-state index contributed by atoms with van der Waals surface area (Å²) in [5.41, 5.74) is 1.49. The monoisotopic (exact) mass is 301 g/mol. The SMILES string of the molecule is CCCCC[C@@H](C)NC(=O)c1ccc(-n2nnnc2C)cc1. The quantitative estimate of drug-likeness (QED) is 0.798. The van der Waals surface area contributed by atoms with Crippen LogP contribution < -0.4 is 5.32 Å². The highest BCUT2D eigenvalue weighted by Gasteiger charge is 2.10. The summed E-state index contributed by atoms with van der Waals surface area (Å²) in [6, 6.07) is 7.48. The lowest BCUT2D eigenvalue weighted by molar-refractivity contribution is 0.0938. The van der Waals surface area contributed by atoms with Gasteiger partial charge < -0.3 is 5.32 Å². The Hall–Kier alpha value is -2.24. The predicted molar refractivity (Wildman–Crippen MR) is 85.0 cm³/mol. The van der Waals surface area contributed by atoms with E-state index in [0.717, 1.165) is 18.5 Å². The predicted octanol–water partition coefficient (Wildman–Crippen LogP) is 2.67. The second-order valence-corrected chi connectivity index (χ2v) is 5.56. The summed E-state index contributed by atoms with van der Waals surface area (Å²) < 4.78 is 1.63. The van der Waals surface area contributed by atoms with Crippen LogP contribution in [-0.2, 0) is 0 Å². The molecule has 0 fully saturated rings. The molecule has 1 amide bonds. The molecule has 2 aromatic rings. The van der Waals surface area contributed by atoms with Gasteiger partial charge in [0.1, 0.15) is 0 Å². The van der Waals surface area contributed by atoms with Crippen LogP contribution in [0.4, 0.5) is 0 Å². The molecule has 6 nitrogen and oxygen atoms in total. The summed E-state index contributed by atoms with van der Waals surface area (Å²) in [6.07, 6.45) is 4.57. The third kappa shape index (κ3) is 4.13. The van der Waals surface area contributed by atoms with Gasteiger partial charge in [0, 0.05) is 11.6 Å². The molecule has 1 N–H and O–H groups in total. The van der Waals surface area contributed by atoms with Crippen molar-refractivity contribution in [3.8, 4) is 5.69 Å². The standard InChI is InChI=1S/C16H23N5O/c1-4-5-6-7-12(2)17-16(22)14-8-10-15(11-9-14)21-13(3)18-19-20-21/h8-12H,4-7H2,1-3H3,(H,17,22)/t12-/m1/s1. The number of hydrogen-bond donors (Lipinski definition) is 1. The van der Waals surface area contributed by atoms with Crippen LogP contribution in [0.15, 0.2) is 24.3 Å². The molecule has 0 bridgehead atoms. The first-order valence-electron chi connectivity index (χ1n) is 7.78. The number of aromatic nitrogens is 4. The van der Waals surface area contributed by atoms with E-state index in [1.54, 1.807) is 16.8 Å². The van der Waals surface area contributed by atoms with Gasteiger partial charge in [-0.25, -0.2) is 0 Å². The topological polar surface area (TPSA) is 72.7 Å². The third-order valence-corrected chi connectivity index (χ3v) is 3.62. The molecular formula is C16H23N5O. The number of amides is 1. The highest BCUT2D eigenvalue weighted by Crippen LogP contribution is 2.10. The minimum absolute atomic E-state index is 0.0380. The van der Waals surface area contributed by atoms with Gasteiger partial charge in [-0.3, -0.25) is 4.79 Å². The second kappa shape index (κ2) is 7.68. The Morgan fingerprint density at radius 2 is 2.00 bits per heavy atom. The van der Waals surface area contributed by atoms with Gasteiger partial charge in [-0.15, -0.1) is 5.10 Å². The third-order valence-electron chi connectivity index (χ3n) is 3.62. The molecule has 0 saturated heterocycles. The van der Waals surface area contributed by atoms with Gasteiger partial charge in [-0.1, -0.05) is 26.2 Å². The summed E-state index contributed by atoms with van der Waals surface area (Å²) in [6.45, 7) is 6.06. The first-order valence-corrected chi connectivity index (χ1v) is 7.78. The van der Waals surface area contributed by atoms with E-state index in [-0.39, 0.29) is 11.9 Å². The van der Waals surface area contributed by atoms with Crippen LogP contribution in [0, 0.1) is 6.92 Å². The number of carbonyl (C=O) groups is 1. The zero-order chi connectivity index (χ0) is 15.9. The molecule has 6 heteroatoms. The number of aryl methyl sites for hydroxylation is 1. The van der Waals surface area contributed by atoms with E-state index in [1.807, 2.05) is 26.0 Å². The number of tetrazole rings is 1. The Kier molecular flexibility index (Phi) is 5.63. The van der Waals surface area contributed by atoms with Gasteiger partial charge in [-0.05, 0) is 55.0 Å². The van der Waals surface area contributed by atoms with Crippen molar-refractivity contribution in [1.29, 1.82) is 0 Å². The lowest BCUT2D eigenvalue weighted by Gasteiger charge is -2.13. The molecule has 0 aliphatic heterocycles. The minimum atomic E-state index is -0.0380. The lowest BCUT2D eigenvalue weighted by Crippen LogP contribution is -2.32. The van der Waals surface area contributed by atoms with Gasteiger partial charge in [0.15, 0.2) is 5.82 Å². The summed E-state index contributed by atoms with van der Waals surface area (Å²) in [7, 11) is 0. The van der Waals surface area contributed by atoms with Crippen molar-refractivity contribution < 1.29 is 4.79 Å². The molecule has 1 heterocycles. The van der Waals surface area contributed by atoms with E-state index < -0.39 is 0 Å². The van der Waals surface area contributed by atoms with Crippen LogP contribution >= 0.6 is 0 Å². The number of nitrogens with zero attached hydrogens (tertiary/aromatic N) is 4. The van der Waals surface area contributed by atoms with E-state index in [2.05, 4.69) is 27.8 Å². The molecule has 0 unspecified atom stereocenters. The van der Waals surface area contributed by atoms with Crippen molar-refractivity contribution in [3.05, 3.63) is 35.7 Å². The van der Waals surface area contributed by atoms with Crippen LogP contribution in [0.3, 0.4) is 0 Å². The Labute approximate surface area is 130 Å². The number of rotatable bonds is 7. The van der Waals surface area contributed by atoms with Crippen LogP contribution in [0.25, 0.3) is 5.69 Å². The van der Waals surface area contributed by atoms with Crippen LogP contribution in [0.5, 0.6) is 0 Å². The number of benzene rings is 1. The maximum Gasteiger partial charge on any atom is 0.251 e. The van der Waals surface area contributed by atoms with Crippen LogP contribution in [-0.4, -0.2) is 32.2 Å². The number of carbonyl (C=O) groups excluding carboxylic acids is 1. The Morgan fingerprint density at radius 3 is 2.59 bits per heavy atom. The Morgan fingerprint density at radius 1 is 1.27 bits per heavy atom. The normalized spacial score (nSPS) is 12.1. The fraction of sp³-hybridized carbons (Fsp3) is 0.500. The second-order valence-electron chi connectivity index (χ2n) is 5.56. The average molecular weight is 301 g/mol. The van der Waals surface area contributed by atoms with Gasteiger partial charge in [0.2, 0.25) is 0 Å². The van der Waals surface area contributed by atoms with Crippen molar-refractivity contribution >= 4 is 5.91 Å². The minimum Gasteiger partial charge on any atom is -0.350 e. The van der Waals surface area contributed by atoms with Gasteiger partial charge in [-0.2, -0.15) is 4.68 Å². The van der Waals surface area contributed by atoms with E-state index in [1.165, 1.54) is 12.8 Å². The zero-order valence-electron chi connectivity index (χ0n) is 13.4. The van der Waals surface area contributed by atoms with E-state index in [0.29, 0.717) is 11.4 Å². The van der Waals surface area contributed by atoms with E-state index >= 15 is 0 Å². The summed E-state index contributed by atoms with van der Waals surface area (Å²) in [5.74, 6) is 0.672. The van der Waals surface area contributed by atoms with Gasteiger partial charge >= 0.3 is 0 Å². The van der Waals surface area contributed by atoms with Crippen LogP contribution in [0.2, 0.25) is 0 Å². The molecule has 0 spiro atoms. The molecule has 22 heavy (non-hydrogen) atoms. The fourth-order valence-electron chi connectivity index (χ4n) is 2.30. The Balaban J connectivity index is 1.95.